The second-order valence-corrected chi connectivity index (χ2v) is 6.31. The Balaban J connectivity index is 0.00000264. The number of nitrogens with one attached hydrogen (secondary N) is 2. The van der Waals surface area contributed by atoms with Gasteiger partial charge in [0.2, 0.25) is 5.91 Å². The van der Waals surface area contributed by atoms with Gasteiger partial charge in [0.1, 0.15) is 0 Å². The number of carbonyl (C=O) groups is 1. The van der Waals surface area contributed by atoms with E-state index in [0.29, 0.717) is 13.1 Å². The highest BCUT2D eigenvalue weighted by Crippen LogP contribution is 2.30. The average Bonchev–Trinajstić information content (AvgIpc) is 2.55. The lowest BCUT2D eigenvalue weighted by molar-refractivity contribution is -0.124. The normalized spacial score (nSPS) is 11.4. The Labute approximate surface area is 148 Å². The fourth-order valence-electron chi connectivity index (χ4n) is 2.12. The minimum Gasteiger partial charge on any atom is -0.352 e. The highest BCUT2D eigenvalue weighted by molar-refractivity contribution is 7.99. The quantitative estimate of drug-likeness (QED) is 0.799. The third kappa shape index (κ3) is 6.26. The molecule has 0 aromatic heterocycles. The summed E-state index contributed by atoms with van der Waals surface area (Å²) in [4.78, 5) is 14.4. The molecule has 3 nitrogen and oxygen atoms in total. The van der Waals surface area contributed by atoms with E-state index < -0.39 is 0 Å². The summed E-state index contributed by atoms with van der Waals surface area (Å²) in [6.45, 7) is 3.17. The van der Waals surface area contributed by atoms with Gasteiger partial charge < -0.3 is 10.6 Å². The molecule has 0 heterocycles. The first-order valence-electron chi connectivity index (χ1n) is 7.44. The van der Waals surface area contributed by atoms with Gasteiger partial charge in [-0.3, -0.25) is 4.79 Å². The summed E-state index contributed by atoms with van der Waals surface area (Å²) < 4.78 is 0. The third-order valence-corrected chi connectivity index (χ3v) is 4.48. The van der Waals surface area contributed by atoms with E-state index >= 15 is 0 Å². The molecule has 2 aromatic rings. The molecule has 23 heavy (non-hydrogen) atoms. The molecule has 2 aromatic carbocycles. The second kappa shape index (κ2) is 10.3. The summed E-state index contributed by atoms with van der Waals surface area (Å²) in [5.41, 5.74) is 1.14. The molecule has 1 atom stereocenters. The van der Waals surface area contributed by atoms with Gasteiger partial charge in [-0.1, -0.05) is 55.1 Å². The summed E-state index contributed by atoms with van der Waals surface area (Å²) in [6, 6.07) is 18.5. The third-order valence-electron chi connectivity index (χ3n) is 3.35. The standard InChI is InChI=1S/C18H22N2OS.ClH/c1-14(12-19-2)18(21)20-13-15-8-6-7-11-17(15)22-16-9-4-3-5-10-16;/h3-11,14,19H,12-13H2,1-2H3,(H,20,21);1H. The van der Waals surface area contributed by atoms with Gasteiger partial charge in [0.05, 0.1) is 0 Å². The summed E-state index contributed by atoms with van der Waals surface area (Å²) in [5.74, 6) is 0.0489. The molecular formula is C18H23ClN2OS. The molecule has 124 valence electrons. The van der Waals surface area contributed by atoms with Crippen molar-refractivity contribution in [1.29, 1.82) is 0 Å². The summed E-state index contributed by atoms with van der Waals surface area (Å²) in [7, 11) is 1.86. The number of hydrogen-bond donors (Lipinski definition) is 2. The minimum atomic E-state index is -0.0288. The summed E-state index contributed by atoms with van der Waals surface area (Å²) >= 11 is 1.72. The Morgan fingerprint density at radius 3 is 2.43 bits per heavy atom. The Bertz CT molecular complexity index is 607. The van der Waals surface area contributed by atoms with Crippen LogP contribution >= 0.6 is 24.2 Å². The average molecular weight is 351 g/mol. The fourth-order valence-corrected chi connectivity index (χ4v) is 3.09. The van der Waals surface area contributed by atoms with E-state index in [-0.39, 0.29) is 24.2 Å². The zero-order valence-corrected chi connectivity index (χ0v) is 15.0. The van der Waals surface area contributed by atoms with Crippen LogP contribution in [0.4, 0.5) is 0 Å². The number of carbonyl (C=O) groups excluding carboxylic acids is 1. The molecule has 0 saturated carbocycles. The van der Waals surface area contributed by atoms with Gasteiger partial charge in [0.25, 0.3) is 0 Å². The summed E-state index contributed by atoms with van der Waals surface area (Å²) in [6.07, 6.45) is 0. The van der Waals surface area contributed by atoms with Gasteiger partial charge in [-0.15, -0.1) is 12.4 Å². The van der Waals surface area contributed by atoms with Gasteiger partial charge in [0, 0.05) is 28.8 Å². The predicted octanol–water partition coefficient (Wildman–Crippen LogP) is 3.73. The number of amides is 1. The van der Waals surface area contributed by atoms with Gasteiger partial charge in [0.15, 0.2) is 0 Å². The number of hydrogen-bond acceptors (Lipinski definition) is 3. The van der Waals surface area contributed by atoms with Crippen LogP contribution in [0, 0.1) is 5.92 Å². The zero-order chi connectivity index (χ0) is 15.8. The first-order chi connectivity index (χ1) is 10.7. The first-order valence-corrected chi connectivity index (χ1v) is 8.25. The molecule has 0 aliphatic rings. The highest BCUT2D eigenvalue weighted by Gasteiger charge is 2.12. The monoisotopic (exact) mass is 350 g/mol. The van der Waals surface area contributed by atoms with E-state index in [0.717, 1.165) is 5.56 Å². The Morgan fingerprint density at radius 2 is 1.74 bits per heavy atom. The Kier molecular flexibility index (Phi) is 8.77. The summed E-state index contributed by atoms with van der Waals surface area (Å²) in [5, 5.41) is 6.04. The second-order valence-electron chi connectivity index (χ2n) is 5.20. The molecule has 0 fully saturated rings. The van der Waals surface area contributed by atoms with Crippen LogP contribution in [0.1, 0.15) is 12.5 Å². The van der Waals surface area contributed by atoms with Crippen molar-refractivity contribution in [1.82, 2.24) is 10.6 Å². The molecule has 0 saturated heterocycles. The van der Waals surface area contributed by atoms with Crippen molar-refractivity contribution in [3.63, 3.8) is 0 Å². The highest BCUT2D eigenvalue weighted by atomic mass is 35.5. The molecule has 1 amide bonds. The molecule has 0 aliphatic carbocycles. The lowest BCUT2D eigenvalue weighted by Gasteiger charge is -2.13. The van der Waals surface area contributed by atoms with Crippen molar-refractivity contribution in [2.24, 2.45) is 5.92 Å². The largest absolute Gasteiger partial charge is 0.352 e. The van der Waals surface area contributed by atoms with E-state index in [2.05, 4.69) is 34.9 Å². The molecule has 1 unspecified atom stereocenters. The van der Waals surface area contributed by atoms with Crippen LogP contribution in [0.25, 0.3) is 0 Å². The van der Waals surface area contributed by atoms with Crippen molar-refractivity contribution in [3.05, 3.63) is 60.2 Å². The predicted molar refractivity (Wildman–Crippen MR) is 99.2 cm³/mol. The number of rotatable bonds is 7. The van der Waals surface area contributed by atoms with E-state index in [1.807, 2.05) is 44.3 Å². The number of halogens is 1. The lowest BCUT2D eigenvalue weighted by Crippen LogP contribution is -2.34. The van der Waals surface area contributed by atoms with Crippen LogP contribution in [-0.2, 0) is 11.3 Å². The molecule has 2 rings (SSSR count). The van der Waals surface area contributed by atoms with Crippen LogP contribution in [0.15, 0.2) is 64.4 Å². The molecule has 0 radical (unpaired) electrons. The molecule has 0 aliphatic heterocycles. The molecule has 5 heteroatoms. The molecule has 0 bridgehead atoms. The van der Waals surface area contributed by atoms with Crippen LogP contribution in [0.3, 0.4) is 0 Å². The fraction of sp³-hybridized carbons (Fsp3) is 0.278. The van der Waals surface area contributed by atoms with Gasteiger partial charge >= 0.3 is 0 Å². The molecule has 2 N–H and O–H groups in total. The topological polar surface area (TPSA) is 41.1 Å². The van der Waals surface area contributed by atoms with E-state index in [4.69, 9.17) is 0 Å². The zero-order valence-electron chi connectivity index (χ0n) is 13.4. The first kappa shape index (κ1) is 19.6. The van der Waals surface area contributed by atoms with Crippen molar-refractivity contribution < 1.29 is 4.79 Å². The lowest BCUT2D eigenvalue weighted by atomic mass is 10.1. The van der Waals surface area contributed by atoms with Crippen molar-refractivity contribution in [3.8, 4) is 0 Å². The van der Waals surface area contributed by atoms with Crippen LogP contribution in [-0.4, -0.2) is 19.5 Å². The van der Waals surface area contributed by atoms with Crippen molar-refractivity contribution in [2.75, 3.05) is 13.6 Å². The minimum absolute atomic E-state index is 0. The van der Waals surface area contributed by atoms with Gasteiger partial charge in [-0.05, 0) is 30.8 Å². The molecular weight excluding hydrogens is 328 g/mol. The van der Waals surface area contributed by atoms with E-state index in [9.17, 15) is 4.79 Å². The van der Waals surface area contributed by atoms with Crippen LogP contribution < -0.4 is 10.6 Å². The maximum absolute atomic E-state index is 12.0. The smallest absolute Gasteiger partial charge is 0.224 e. The van der Waals surface area contributed by atoms with E-state index in [1.165, 1.54) is 9.79 Å². The van der Waals surface area contributed by atoms with E-state index in [1.54, 1.807) is 11.8 Å². The Morgan fingerprint density at radius 1 is 1.09 bits per heavy atom. The van der Waals surface area contributed by atoms with Crippen LogP contribution in [0.5, 0.6) is 0 Å². The Hall–Kier alpha value is -1.49. The van der Waals surface area contributed by atoms with Gasteiger partial charge in [-0.25, -0.2) is 0 Å². The SMILES string of the molecule is CNCC(C)C(=O)NCc1ccccc1Sc1ccccc1.Cl. The van der Waals surface area contributed by atoms with Crippen molar-refractivity contribution in [2.45, 2.75) is 23.3 Å². The maximum atomic E-state index is 12.0. The van der Waals surface area contributed by atoms with Gasteiger partial charge in [-0.2, -0.15) is 0 Å². The van der Waals surface area contributed by atoms with Crippen molar-refractivity contribution >= 4 is 30.1 Å². The molecule has 0 spiro atoms. The van der Waals surface area contributed by atoms with Crippen LogP contribution in [0.2, 0.25) is 0 Å². The maximum Gasteiger partial charge on any atom is 0.224 e. The number of benzene rings is 2.